The minimum atomic E-state index is -0.150. The maximum atomic E-state index is 5.04. The van der Waals surface area contributed by atoms with Crippen molar-refractivity contribution < 1.29 is 42.1 Å². The van der Waals surface area contributed by atoms with Crippen molar-refractivity contribution >= 4 is 55.9 Å². The van der Waals surface area contributed by atoms with E-state index in [9.17, 15) is 0 Å². The first-order valence-corrected chi connectivity index (χ1v) is 40.4. The third-order valence-corrected chi connectivity index (χ3v) is 22.4. The summed E-state index contributed by atoms with van der Waals surface area (Å²) in [6.45, 7) is 22.1. The van der Waals surface area contributed by atoms with E-state index >= 15 is 0 Å². The van der Waals surface area contributed by atoms with Gasteiger partial charge in [0.2, 0.25) is 0 Å². The SMILES string of the molecule is Cc1cnc(-c2[c-]c(N(c3[c-]c(-c4cc(-c5ccccc5)c(C)cn4)cc(-c4ccccc4)c3)c3ccc4c(ccn4C)c3)cc(-c3ccccc3)c2)cc1-c1ccccc1.Cc1cnc(-c2[c-]c(N(c3[c-]c(-c4cc(-c5ccccc5)c(C)cn4)cc(C(C)(C)C)c3)c3ccc4c(ccn4C)c3)cc(C(C)(C)C)c2)cc1-c1ccccc1.[Pt+2].[Pt+2]. The molecule has 18 aromatic rings. The summed E-state index contributed by atoms with van der Waals surface area (Å²) in [5, 5.41) is 2.31. The van der Waals surface area contributed by atoms with E-state index < -0.39 is 0 Å². The molecule has 592 valence electrons. The molecule has 0 fully saturated rings. The summed E-state index contributed by atoms with van der Waals surface area (Å²) in [4.78, 5) is 24.7. The summed E-state index contributed by atoms with van der Waals surface area (Å²) >= 11 is 0. The molecular formula is C110H92N8Pt2. The monoisotopic (exact) mass is 1910 g/mol. The Bertz CT molecular complexity index is 6380. The number of aryl methyl sites for hydroxylation is 6. The van der Waals surface area contributed by atoms with Gasteiger partial charge in [-0.1, -0.05) is 259 Å². The van der Waals surface area contributed by atoms with E-state index in [4.69, 9.17) is 19.9 Å². The Morgan fingerprint density at radius 3 is 0.800 bits per heavy atom. The van der Waals surface area contributed by atoms with Crippen molar-refractivity contribution in [2.45, 2.75) is 80.1 Å². The molecule has 0 bridgehead atoms. The zero-order valence-electron chi connectivity index (χ0n) is 69.5. The third kappa shape index (κ3) is 17.6. The van der Waals surface area contributed by atoms with Gasteiger partial charge in [0.1, 0.15) is 0 Å². The molecule has 18 rings (SSSR count). The third-order valence-electron chi connectivity index (χ3n) is 22.4. The summed E-state index contributed by atoms with van der Waals surface area (Å²) in [7, 11) is 4.18. The molecule has 120 heavy (non-hydrogen) atoms. The Balaban J connectivity index is 0.000000184. The molecule has 0 aliphatic heterocycles. The van der Waals surface area contributed by atoms with Gasteiger partial charge < -0.3 is 38.9 Å². The minimum absolute atomic E-state index is 0. The van der Waals surface area contributed by atoms with Gasteiger partial charge >= 0.3 is 42.1 Å². The van der Waals surface area contributed by atoms with Gasteiger partial charge in [0.05, 0.1) is 0 Å². The maximum Gasteiger partial charge on any atom is 2.00 e. The van der Waals surface area contributed by atoms with Crippen LogP contribution in [0.5, 0.6) is 0 Å². The summed E-state index contributed by atoms with van der Waals surface area (Å²) < 4.78 is 4.32. The summed E-state index contributed by atoms with van der Waals surface area (Å²) in [6.07, 6.45) is 12.2. The number of fused-ring (bicyclic) bond motifs is 2. The minimum Gasteiger partial charge on any atom is -0.351 e. The smallest absolute Gasteiger partial charge is 0.351 e. The fraction of sp³-hybridized carbons (Fsp3) is 0.127. The molecule has 0 aliphatic rings. The Morgan fingerprint density at radius 1 is 0.267 bits per heavy atom. The van der Waals surface area contributed by atoms with E-state index in [2.05, 4.69) is 442 Å². The Hall–Kier alpha value is -12.7. The van der Waals surface area contributed by atoms with Gasteiger partial charge in [0.15, 0.2) is 0 Å². The summed E-state index contributed by atoms with van der Waals surface area (Å²) in [5.41, 5.74) is 35.3. The zero-order chi connectivity index (χ0) is 81.3. The van der Waals surface area contributed by atoms with Gasteiger partial charge in [0, 0.05) is 84.5 Å². The number of hydrogen-bond acceptors (Lipinski definition) is 6. The second-order valence-electron chi connectivity index (χ2n) is 32.9. The van der Waals surface area contributed by atoms with E-state index in [1.165, 1.54) is 44.3 Å². The van der Waals surface area contributed by atoms with Gasteiger partial charge in [-0.15, -0.1) is 106 Å². The molecular weight excluding hydrogens is 1820 g/mol. The van der Waals surface area contributed by atoms with E-state index in [1.807, 2.05) is 24.8 Å². The molecule has 6 heterocycles. The van der Waals surface area contributed by atoms with E-state index in [0.717, 1.165) is 157 Å². The van der Waals surface area contributed by atoms with Crippen LogP contribution >= 0.6 is 0 Å². The van der Waals surface area contributed by atoms with Crippen LogP contribution in [0.4, 0.5) is 34.1 Å². The van der Waals surface area contributed by atoms with Crippen molar-refractivity contribution in [3.05, 3.63) is 398 Å². The molecule has 0 saturated heterocycles. The largest absolute Gasteiger partial charge is 2.00 e. The molecule has 8 nitrogen and oxygen atoms in total. The topological polar surface area (TPSA) is 67.9 Å². The van der Waals surface area contributed by atoms with Crippen LogP contribution in [0.25, 0.3) is 134 Å². The van der Waals surface area contributed by atoms with Crippen LogP contribution < -0.4 is 9.80 Å². The van der Waals surface area contributed by atoms with Crippen molar-refractivity contribution in [2.75, 3.05) is 9.80 Å². The fourth-order valence-electron chi connectivity index (χ4n) is 15.7. The van der Waals surface area contributed by atoms with Gasteiger partial charge in [-0.05, 0) is 210 Å². The molecule has 10 heteroatoms. The predicted molar refractivity (Wildman–Crippen MR) is 492 cm³/mol. The van der Waals surface area contributed by atoms with Gasteiger partial charge in [-0.2, -0.15) is 0 Å². The van der Waals surface area contributed by atoms with Crippen molar-refractivity contribution in [1.29, 1.82) is 0 Å². The second-order valence-corrected chi connectivity index (χ2v) is 32.9. The number of rotatable bonds is 16. The maximum absolute atomic E-state index is 5.04. The fourth-order valence-corrected chi connectivity index (χ4v) is 15.7. The van der Waals surface area contributed by atoms with Crippen molar-refractivity contribution in [2.24, 2.45) is 14.1 Å². The van der Waals surface area contributed by atoms with E-state index in [0.29, 0.717) is 0 Å². The van der Waals surface area contributed by atoms with Crippen molar-refractivity contribution in [3.63, 3.8) is 0 Å². The van der Waals surface area contributed by atoms with Gasteiger partial charge in [-0.25, -0.2) is 0 Å². The average Bonchev–Trinajstić information content (AvgIpc) is 1.18. The predicted octanol–water partition coefficient (Wildman–Crippen LogP) is 28.6. The number of anilines is 6. The molecule has 6 aromatic heterocycles. The zero-order valence-corrected chi connectivity index (χ0v) is 74.1. The summed E-state index contributed by atoms with van der Waals surface area (Å²) in [6, 6.07) is 123. The first kappa shape index (κ1) is 82.4. The van der Waals surface area contributed by atoms with Gasteiger partial charge in [0.25, 0.3) is 0 Å². The van der Waals surface area contributed by atoms with Crippen LogP contribution in [-0.2, 0) is 67.1 Å². The molecule has 0 N–H and O–H groups in total. The van der Waals surface area contributed by atoms with Crippen molar-refractivity contribution in [1.82, 2.24) is 29.1 Å². The van der Waals surface area contributed by atoms with E-state index in [1.54, 1.807) is 0 Å². The first-order chi connectivity index (χ1) is 57.2. The molecule has 0 spiro atoms. The molecule has 0 atom stereocenters. The standard InChI is InChI=1S/C57H42N4.C53H50N4.2Pt/c1-39-37-58-55(35-53(39)43-20-12-6-13-21-43)48-28-46(41-16-8-4-9-17-41)31-51(33-48)61(50-24-25-57-45(30-50)26-27-60(57)3)52-32-47(42-18-10-5-11-19-42)29-49(34-52)56-36-54(40(2)38-59-56)44-22-14-7-15-23-44;1-35-33-54-49(31-47(35)37-16-12-10-13-17-37)40-24-42(52(3,4)5)29-45(27-40)57(44-20-21-51-39(26-44)22-23-56(51)9)46-28-41(25-43(30-46)53(6,7)8)50-32-48(36(2)34-55-50)38-18-14-11-15-19-38;;/h4-32,35-38H,1-3H3;10-26,29-34H,1-9H3;;/q2*-2;2*+2. The second kappa shape index (κ2) is 35.1. The Morgan fingerprint density at radius 2 is 0.525 bits per heavy atom. The quantitative estimate of drug-likeness (QED) is 0.0898. The average molecular weight is 1920 g/mol. The molecule has 0 aliphatic carbocycles. The molecule has 12 aromatic carbocycles. The van der Waals surface area contributed by atoms with Gasteiger partial charge in [-0.3, -0.25) is 0 Å². The van der Waals surface area contributed by atoms with E-state index in [-0.39, 0.29) is 53.0 Å². The van der Waals surface area contributed by atoms with Crippen molar-refractivity contribution in [3.8, 4) is 112 Å². The first-order valence-electron chi connectivity index (χ1n) is 40.4. The molecule has 0 unspecified atom stereocenters. The van der Waals surface area contributed by atoms with Crippen LogP contribution in [0.2, 0.25) is 0 Å². The Labute approximate surface area is 735 Å². The number of pyridine rings is 4. The van der Waals surface area contributed by atoms with Crippen LogP contribution in [0.15, 0.2) is 340 Å². The molecule has 0 saturated carbocycles. The number of hydrogen-bond donors (Lipinski definition) is 0. The molecule has 0 radical (unpaired) electrons. The number of aromatic nitrogens is 6. The number of benzene rings is 12. The van der Waals surface area contributed by atoms with Crippen LogP contribution in [0.3, 0.4) is 0 Å². The van der Waals surface area contributed by atoms with Crippen LogP contribution in [-0.4, -0.2) is 29.1 Å². The normalized spacial score (nSPS) is 11.4. The van der Waals surface area contributed by atoms with Crippen LogP contribution in [0, 0.1) is 52.0 Å². The Kier molecular flexibility index (Phi) is 24.1. The molecule has 0 amide bonds. The number of nitrogens with zero attached hydrogens (tertiary/aromatic N) is 8. The van der Waals surface area contributed by atoms with Crippen LogP contribution in [0.1, 0.15) is 74.9 Å². The summed E-state index contributed by atoms with van der Waals surface area (Å²) in [5.74, 6) is 0.